The maximum absolute atomic E-state index is 8.84. The molecule has 0 radical (unpaired) electrons. The lowest BCUT2D eigenvalue weighted by Crippen LogP contribution is -2.03. The molecule has 0 amide bonds. The van der Waals surface area contributed by atoms with Crippen molar-refractivity contribution in [2.45, 2.75) is 11.2 Å². The van der Waals surface area contributed by atoms with Gasteiger partial charge in [0.15, 0.2) is 0 Å². The summed E-state index contributed by atoms with van der Waals surface area (Å²) in [6.07, 6.45) is 1.26. The first-order valence-electron chi connectivity index (χ1n) is 2.31. The van der Waals surface area contributed by atoms with Crippen molar-refractivity contribution >= 4 is 23.5 Å². The van der Waals surface area contributed by atoms with Crippen LogP contribution in [-0.4, -0.2) is 21.4 Å². The Morgan fingerprint density at radius 3 is 2.14 bits per heavy atom. The second-order valence-corrected chi connectivity index (χ2v) is 4.08. The first kappa shape index (κ1) is 5.79. The van der Waals surface area contributed by atoms with E-state index in [-0.39, 0.29) is 4.77 Å². The van der Waals surface area contributed by atoms with E-state index in [1.807, 2.05) is 0 Å². The summed E-state index contributed by atoms with van der Waals surface area (Å²) < 4.78 is -0.131. The molecule has 0 aliphatic carbocycles. The van der Waals surface area contributed by atoms with Crippen molar-refractivity contribution in [3.63, 3.8) is 0 Å². The summed E-state index contributed by atoms with van der Waals surface area (Å²) in [7, 11) is 0. The highest BCUT2D eigenvalue weighted by molar-refractivity contribution is 8.17. The summed E-state index contributed by atoms with van der Waals surface area (Å²) in [4.78, 5) is 0. The monoisotopic (exact) mass is 136 g/mol. The summed E-state index contributed by atoms with van der Waals surface area (Å²) in [6.45, 7) is 0. The van der Waals surface area contributed by atoms with E-state index in [4.69, 9.17) is 5.11 Å². The molecule has 1 aliphatic heterocycles. The van der Waals surface area contributed by atoms with Gasteiger partial charge in [-0.1, -0.05) is 0 Å². The Kier molecular flexibility index (Phi) is 2.35. The summed E-state index contributed by atoms with van der Waals surface area (Å²) in [5.74, 6) is 2.27. The third-order valence-corrected chi connectivity index (χ3v) is 3.25. The molecule has 0 spiro atoms. The van der Waals surface area contributed by atoms with Gasteiger partial charge >= 0.3 is 0 Å². The number of hydrogen-bond donors (Lipinski definition) is 1. The lowest BCUT2D eigenvalue weighted by Gasteiger charge is -2.13. The Labute approximate surface area is 51.9 Å². The smallest absolute Gasteiger partial charge is 0.146 e. The molecule has 1 heterocycles. The maximum atomic E-state index is 8.84. The minimum Gasteiger partial charge on any atom is -0.373 e. The summed E-state index contributed by atoms with van der Waals surface area (Å²) in [5, 5.41) is 8.84. The van der Waals surface area contributed by atoms with Crippen LogP contribution in [0, 0.1) is 0 Å². The van der Waals surface area contributed by atoms with E-state index in [9.17, 15) is 0 Å². The Balaban J connectivity index is 2.12. The van der Waals surface area contributed by atoms with Crippen molar-refractivity contribution in [1.29, 1.82) is 0 Å². The van der Waals surface area contributed by atoms with Gasteiger partial charge in [-0.05, 0) is 17.9 Å². The second kappa shape index (κ2) is 2.84. The van der Waals surface area contributed by atoms with Crippen LogP contribution in [0.3, 0.4) is 0 Å². The van der Waals surface area contributed by atoms with Crippen LogP contribution in [0.1, 0.15) is 6.42 Å². The zero-order valence-corrected chi connectivity index (χ0v) is 5.60. The lowest BCUT2D eigenvalue weighted by molar-refractivity contribution is 0.344. The zero-order chi connectivity index (χ0) is 5.11. The van der Waals surface area contributed by atoms with Gasteiger partial charge in [-0.2, -0.15) is 0 Å². The summed E-state index contributed by atoms with van der Waals surface area (Å²) >= 11 is 3.27. The molecule has 0 unspecified atom stereocenters. The van der Waals surface area contributed by atoms with E-state index >= 15 is 0 Å². The Hall–Kier alpha value is 0.660. The number of hydrogen-bond acceptors (Lipinski definition) is 3. The molecule has 1 fully saturated rings. The molecule has 1 N–H and O–H groups in total. The highest BCUT2D eigenvalue weighted by atomic mass is 32.2. The fourth-order valence-electron chi connectivity index (χ4n) is 0.475. The van der Waals surface area contributed by atoms with Crippen molar-refractivity contribution < 1.29 is 5.11 Å². The van der Waals surface area contributed by atoms with Crippen LogP contribution in [0.5, 0.6) is 0 Å². The van der Waals surface area contributed by atoms with E-state index in [1.54, 1.807) is 23.5 Å². The average Bonchev–Trinajstić information content (AvgIpc) is 1.69. The van der Waals surface area contributed by atoms with Crippen molar-refractivity contribution in [2.24, 2.45) is 0 Å². The van der Waals surface area contributed by atoms with Crippen molar-refractivity contribution in [2.75, 3.05) is 11.5 Å². The highest BCUT2D eigenvalue weighted by Gasteiger charge is 2.08. The van der Waals surface area contributed by atoms with Crippen LogP contribution in [-0.2, 0) is 0 Å². The molecule has 3 heteroatoms. The van der Waals surface area contributed by atoms with E-state index in [0.29, 0.717) is 0 Å². The number of aliphatic hydroxyl groups excluding tert-OH is 1. The fraction of sp³-hybridized carbons (Fsp3) is 1.00. The van der Waals surface area contributed by atoms with Crippen molar-refractivity contribution in [3.05, 3.63) is 0 Å². The molecular weight excluding hydrogens is 128 g/mol. The standard InChI is InChI=1S/C4H8OS2/c5-4-6-2-1-3-7-4/h4-5H,1-3H2. The fourth-order valence-corrected chi connectivity index (χ4v) is 2.65. The maximum Gasteiger partial charge on any atom is 0.146 e. The molecule has 0 bridgehead atoms. The largest absolute Gasteiger partial charge is 0.373 e. The van der Waals surface area contributed by atoms with Crippen LogP contribution >= 0.6 is 23.5 Å². The topological polar surface area (TPSA) is 20.2 Å². The number of rotatable bonds is 0. The SMILES string of the molecule is OC1SCCCS1. The molecule has 7 heavy (non-hydrogen) atoms. The molecule has 42 valence electrons. The Bertz CT molecular complexity index is 51.7. The van der Waals surface area contributed by atoms with Gasteiger partial charge in [0, 0.05) is 0 Å². The molecule has 0 aromatic rings. The quantitative estimate of drug-likeness (QED) is 0.539. The van der Waals surface area contributed by atoms with E-state index < -0.39 is 0 Å². The first-order valence-corrected chi connectivity index (χ1v) is 4.40. The van der Waals surface area contributed by atoms with Crippen LogP contribution in [0.2, 0.25) is 0 Å². The van der Waals surface area contributed by atoms with Gasteiger partial charge < -0.3 is 5.11 Å². The van der Waals surface area contributed by atoms with E-state index in [1.165, 1.54) is 6.42 Å². The van der Waals surface area contributed by atoms with E-state index in [2.05, 4.69) is 0 Å². The second-order valence-electron chi connectivity index (χ2n) is 1.40. The normalized spacial score (nSPS) is 25.3. The summed E-state index contributed by atoms with van der Waals surface area (Å²) in [5.41, 5.74) is 0. The lowest BCUT2D eigenvalue weighted by atomic mass is 10.6. The molecule has 0 aromatic carbocycles. The van der Waals surface area contributed by atoms with Crippen LogP contribution in [0.25, 0.3) is 0 Å². The van der Waals surface area contributed by atoms with Crippen LogP contribution < -0.4 is 0 Å². The number of aliphatic hydroxyl groups is 1. The summed E-state index contributed by atoms with van der Waals surface area (Å²) in [6, 6.07) is 0. The molecule has 1 aliphatic rings. The minimum absolute atomic E-state index is 0.131. The van der Waals surface area contributed by atoms with Gasteiger partial charge in [0.2, 0.25) is 0 Å². The number of thioether (sulfide) groups is 2. The molecule has 1 rings (SSSR count). The zero-order valence-electron chi connectivity index (χ0n) is 3.96. The van der Waals surface area contributed by atoms with Gasteiger partial charge in [0.05, 0.1) is 0 Å². The molecule has 0 atom stereocenters. The first-order chi connectivity index (χ1) is 3.39. The molecule has 0 saturated carbocycles. The predicted molar refractivity (Wildman–Crippen MR) is 35.5 cm³/mol. The molecule has 1 nitrogen and oxygen atoms in total. The average molecular weight is 136 g/mol. The highest BCUT2D eigenvalue weighted by Crippen LogP contribution is 2.27. The third kappa shape index (κ3) is 1.93. The Morgan fingerprint density at radius 1 is 1.29 bits per heavy atom. The van der Waals surface area contributed by atoms with Crippen molar-refractivity contribution in [1.82, 2.24) is 0 Å². The van der Waals surface area contributed by atoms with Gasteiger partial charge in [0.25, 0.3) is 0 Å². The third-order valence-electron chi connectivity index (χ3n) is 0.810. The molecule has 1 saturated heterocycles. The molecule has 0 aromatic heterocycles. The van der Waals surface area contributed by atoms with Crippen LogP contribution in [0.4, 0.5) is 0 Å². The van der Waals surface area contributed by atoms with E-state index in [0.717, 1.165) is 11.5 Å². The minimum atomic E-state index is -0.131. The van der Waals surface area contributed by atoms with Gasteiger partial charge in [0.1, 0.15) is 4.77 Å². The van der Waals surface area contributed by atoms with Gasteiger partial charge in [-0.25, -0.2) is 0 Å². The van der Waals surface area contributed by atoms with Crippen molar-refractivity contribution in [3.8, 4) is 0 Å². The van der Waals surface area contributed by atoms with Gasteiger partial charge in [-0.15, -0.1) is 23.5 Å². The Morgan fingerprint density at radius 2 is 1.86 bits per heavy atom. The predicted octanol–water partition coefficient (Wildman–Crippen LogP) is 1.13. The van der Waals surface area contributed by atoms with Crippen LogP contribution in [0.15, 0.2) is 0 Å². The molecular formula is C4H8OS2. The van der Waals surface area contributed by atoms with Gasteiger partial charge in [-0.3, -0.25) is 0 Å².